The Balaban J connectivity index is 1.90. The summed E-state index contributed by atoms with van der Waals surface area (Å²) in [5.41, 5.74) is 4.29. The van der Waals surface area contributed by atoms with E-state index >= 15 is 0 Å². The first-order chi connectivity index (χ1) is 9.63. The number of amides is 1. The summed E-state index contributed by atoms with van der Waals surface area (Å²) in [7, 11) is 0. The number of ether oxygens (including phenoxy) is 1. The molecule has 1 aromatic heterocycles. The van der Waals surface area contributed by atoms with Crippen LogP contribution in [0.1, 0.15) is 12.5 Å². The van der Waals surface area contributed by atoms with Gasteiger partial charge in [-0.05, 0) is 31.2 Å². The first-order valence-electron chi connectivity index (χ1n) is 5.98. The molecule has 1 aromatic carbocycles. The minimum atomic E-state index is -0.577. The van der Waals surface area contributed by atoms with Gasteiger partial charge < -0.3 is 4.74 Å². The number of cyclic esters (lactones) is 1. The average Bonchev–Trinajstić information content (AvgIpc) is 2.89. The molecule has 0 saturated heterocycles. The Labute approximate surface area is 113 Å². The molecular weight excluding hydrogens is 263 g/mol. The van der Waals surface area contributed by atoms with Crippen LogP contribution in [0.3, 0.4) is 0 Å². The van der Waals surface area contributed by atoms with Crippen LogP contribution >= 0.6 is 0 Å². The molecule has 1 N–H and O–H groups in total. The second-order valence-electron chi connectivity index (χ2n) is 4.31. The van der Waals surface area contributed by atoms with Crippen LogP contribution < -0.4 is 5.43 Å². The lowest BCUT2D eigenvalue weighted by molar-refractivity contribution is 0.127. The van der Waals surface area contributed by atoms with E-state index in [-0.39, 0.29) is 5.82 Å². The fraction of sp³-hybridized carbons (Fsp3) is 0.154. The fourth-order valence-corrected chi connectivity index (χ4v) is 1.93. The molecule has 1 amide bonds. The number of benzene rings is 1. The molecule has 3 rings (SSSR count). The van der Waals surface area contributed by atoms with Crippen molar-refractivity contribution >= 4 is 11.8 Å². The number of nitrogens with one attached hydrogen (secondary N) is 1. The van der Waals surface area contributed by atoms with E-state index in [1.165, 1.54) is 12.1 Å². The van der Waals surface area contributed by atoms with Gasteiger partial charge in [0.05, 0.1) is 11.9 Å². The number of hydrogen-bond donors (Lipinski definition) is 1. The van der Waals surface area contributed by atoms with Crippen molar-refractivity contribution < 1.29 is 13.9 Å². The van der Waals surface area contributed by atoms with Crippen molar-refractivity contribution in [1.29, 1.82) is 0 Å². The van der Waals surface area contributed by atoms with Crippen LogP contribution in [-0.2, 0) is 4.74 Å². The predicted octanol–water partition coefficient (Wildman–Crippen LogP) is 1.84. The molecule has 0 aliphatic carbocycles. The molecule has 2 aromatic rings. The lowest BCUT2D eigenvalue weighted by atomic mass is 10.1. The van der Waals surface area contributed by atoms with Crippen molar-refractivity contribution in [3.8, 4) is 5.69 Å². The zero-order valence-electron chi connectivity index (χ0n) is 10.6. The summed E-state index contributed by atoms with van der Waals surface area (Å²) in [5.74, 6) is -0.303. The highest BCUT2D eigenvalue weighted by Gasteiger charge is 2.23. The molecule has 20 heavy (non-hydrogen) atoms. The van der Waals surface area contributed by atoms with Crippen LogP contribution in [-0.4, -0.2) is 27.7 Å². The molecule has 7 heteroatoms. The molecule has 0 fully saturated rings. The second kappa shape index (κ2) is 4.76. The SMILES string of the molecule is C[C@@H]1OC(=O)NN=C1c1cnn(-c2ccc(F)cc2)c1. The number of carbonyl (C=O) groups is 1. The van der Waals surface area contributed by atoms with E-state index in [0.717, 1.165) is 11.3 Å². The highest BCUT2D eigenvalue weighted by atomic mass is 19.1. The molecular formula is C13H11FN4O2. The molecule has 0 bridgehead atoms. The summed E-state index contributed by atoms with van der Waals surface area (Å²) < 4.78 is 19.5. The van der Waals surface area contributed by atoms with Crippen LogP contribution in [0.5, 0.6) is 0 Å². The van der Waals surface area contributed by atoms with Gasteiger partial charge in [0.1, 0.15) is 17.6 Å². The van der Waals surface area contributed by atoms with E-state index in [9.17, 15) is 9.18 Å². The van der Waals surface area contributed by atoms with Crippen molar-refractivity contribution in [3.63, 3.8) is 0 Å². The van der Waals surface area contributed by atoms with E-state index in [1.54, 1.807) is 36.1 Å². The van der Waals surface area contributed by atoms with E-state index in [1.807, 2.05) is 0 Å². The topological polar surface area (TPSA) is 68.5 Å². The lowest BCUT2D eigenvalue weighted by Gasteiger charge is -2.18. The number of nitrogens with zero attached hydrogens (tertiary/aromatic N) is 3. The quantitative estimate of drug-likeness (QED) is 0.908. The Morgan fingerprint density at radius 2 is 2.10 bits per heavy atom. The molecule has 1 aliphatic rings. The number of hydrazone groups is 1. The van der Waals surface area contributed by atoms with E-state index in [4.69, 9.17) is 4.74 Å². The van der Waals surface area contributed by atoms with Crippen molar-refractivity contribution in [3.05, 3.63) is 48.0 Å². The molecule has 1 aliphatic heterocycles. The molecule has 6 nitrogen and oxygen atoms in total. The summed E-state index contributed by atoms with van der Waals surface area (Å²) in [6.07, 6.45) is 2.32. The van der Waals surface area contributed by atoms with Crippen LogP contribution in [0.15, 0.2) is 41.8 Å². The number of hydrogen-bond acceptors (Lipinski definition) is 4. The number of rotatable bonds is 2. The molecule has 2 heterocycles. The van der Waals surface area contributed by atoms with Gasteiger partial charge in [0.2, 0.25) is 0 Å². The third-order valence-electron chi connectivity index (χ3n) is 2.91. The predicted molar refractivity (Wildman–Crippen MR) is 69.1 cm³/mol. The lowest BCUT2D eigenvalue weighted by Crippen LogP contribution is -2.36. The zero-order chi connectivity index (χ0) is 14.1. The summed E-state index contributed by atoms with van der Waals surface area (Å²) in [6.45, 7) is 1.73. The van der Waals surface area contributed by atoms with Gasteiger partial charge in [-0.3, -0.25) is 0 Å². The van der Waals surface area contributed by atoms with Gasteiger partial charge in [-0.15, -0.1) is 0 Å². The largest absolute Gasteiger partial charge is 0.439 e. The maximum absolute atomic E-state index is 12.9. The maximum Gasteiger partial charge on any atom is 0.428 e. The average molecular weight is 274 g/mol. The number of carbonyl (C=O) groups excluding carboxylic acids is 1. The van der Waals surface area contributed by atoms with E-state index < -0.39 is 12.2 Å². The minimum absolute atomic E-state index is 0.303. The van der Waals surface area contributed by atoms with Crippen molar-refractivity contribution in [1.82, 2.24) is 15.2 Å². The Morgan fingerprint density at radius 3 is 2.80 bits per heavy atom. The van der Waals surface area contributed by atoms with Gasteiger partial charge >= 0.3 is 6.09 Å². The minimum Gasteiger partial charge on any atom is -0.439 e. The number of halogens is 1. The Morgan fingerprint density at radius 1 is 1.35 bits per heavy atom. The summed E-state index contributed by atoms with van der Waals surface area (Å²) in [5, 5.41) is 8.15. The number of aromatic nitrogens is 2. The zero-order valence-corrected chi connectivity index (χ0v) is 10.6. The van der Waals surface area contributed by atoms with Crippen molar-refractivity contribution in [2.75, 3.05) is 0 Å². The monoisotopic (exact) mass is 274 g/mol. The molecule has 102 valence electrons. The molecule has 1 atom stereocenters. The van der Waals surface area contributed by atoms with Crippen molar-refractivity contribution in [2.24, 2.45) is 5.10 Å². The van der Waals surface area contributed by atoms with Crippen LogP contribution in [0.2, 0.25) is 0 Å². The standard InChI is InChI=1S/C13H11FN4O2/c1-8-12(16-17-13(19)20-8)9-6-15-18(7-9)11-4-2-10(14)3-5-11/h2-8H,1H3,(H,17,19)/t8-/m0/s1. The summed E-state index contributed by atoms with van der Waals surface area (Å²) >= 11 is 0. The second-order valence-corrected chi connectivity index (χ2v) is 4.31. The fourth-order valence-electron chi connectivity index (χ4n) is 1.93. The normalized spacial score (nSPS) is 18.2. The summed E-state index contributed by atoms with van der Waals surface area (Å²) in [6, 6.07) is 5.97. The Hall–Kier alpha value is -2.70. The third-order valence-corrected chi connectivity index (χ3v) is 2.91. The summed E-state index contributed by atoms with van der Waals surface area (Å²) in [4.78, 5) is 11.0. The Kier molecular flexibility index (Phi) is 2.94. The third kappa shape index (κ3) is 2.25. The van der Waals surface area contributed by atoms with Crippen LogP contribution in [0.25, 0.3) is 5.69 Å². The molecule has 0 radical (unpaired) electrons. The van der Waals surface area contributed by atoms with Gasteiger partial charge in [-0.2, -0.15) is 10.2 Å². The van der Waals surface area contributed by atoms with Gasteiger partial charge in [0.25, 0.3) is 0 Å². The highest BCUT2D eigenvalue weighted by Crippen LogP contribution is 2.13. The van der Waals surface area contributed by atoms with Gasteiger partial charge in [-0.1, -0.05) is 0 Å². The maximum atomic E-state index is 12.9. The molecule has 0 saturated carbocycles. The first-order valence-corrected chi connectivity index (χ1v) is 5.98. The molecule has 0 spiro atoms. The van der Waals surface area contributed by atoms with E-state index in [2.05, 4.69) is 15.6 Å². The molecule has 0 unspecified atom stereocenters. The van der Waals surface area contributed by atoms with E-state index in [0.29, 0.717) is 5.71 Å². The highest BCUT2D eigenvalue weighted by molar-refractivity contribution is 6.05. The Bertz CT molecular complexity index is 678. The smallest absolute Gasteiger partial charge is 0.428 e. The first kappa shape index (κ1) is 12.3. The van der Waals surface area contributed by atoms with Gasteiger partial charge in [0, 0.05) is 11.8 Å². The van der Waals surface area contributed by atoms with Crippen LogP contribution in [0, 0.1) is 5.82 Å². The van der Waals surface area contributed by atoms with Crippen LogP contribution in [0.4, 0.5) is 9.18 Å². The van der Waals surface area contributed by atoms with Crippen molar-refractivity contribution in [2.45, 2.75) is 13.0 Å². The van der Waals surface area contributed by atoms with Gasteiger partial charge in [0.15, 0.2) is 0 Å². The van der Waals surface area contributed by atoms with Gasteiger partial charge in [-0.25, -0.2) is 19.3 Å².